The Morgan fingerprint density at radius 1 is 1.08 bits per heavy atom. The molecule has 3 aromatic carbocycles. The number of rotatable bonds is 6. The van der Waals surface area contributed by atoms with Crippen LogP contribution in [0.5, 0.6) is 5.75 Å². The molecule has 0 aromatic heterocycles. The Morgan fingerprint density at radius 3 is 2.61 bits per heavy atom. The summed E-state index contributed by atoms with van der Waals surface area (Å²) in [4.78, 5) is 29.8. The Kier molecular flexibility index (Phi) is 6.86. The van der Waals surface area contributed by atoms with E-state index in [1.165, 1.54) is 17.3 Å². The predicted molar refractivity (Wildman–Crippen MR) is 143 cm³/mol. The van der Waals surface area contributed by atoms with Gasteiger partial charge in [0.15, 0.2) is 5.17 Å². The van der Waals surface area contributed by atoms with Crippen molar-refractivity contribution < 1.29 is 14.3 Å². The molecule has 1 N–H and O–H groups in total. The number of methoxy groups -OCH3 is 1. The van der Waals surface area contributed by atoms with Crippen LogP contribution in [0.3, 0.4) is 0 Å². The van der Waals surface area contributed by atoms with Crippen molar-refractivity contribution in [2.45, 2.75) is 31.1 Å². The van der Waals surface area contributed by atoms with Crippen LogP contribution in [-0.2, 0) is 9.59 Å². The van der Waals surface area contributed by atoms with Gasteiger partial charge in [0.2, 0.25) is 5.91 Å². The van der Waals surface area contributed by atoms with Gasteiger partial charge in [0.25, 0.3) is 5.91 Å². The second kappa shape index (κ2) is 10.4. The molecule has 2 aliphatic rings. The molecule has 0 radical (unpaired) electrons. The molecule has 7 nitrogen and oxygen atoms in total. The summed E-state index contributed by atoms with van der Waals surface area (Å²) in [5, 5.41) is 9.50. The highest BCUT2D eigenvalue weighted by Crippen LogP contribution is 2.38. The number of amidine groups is 1. The first-order valence-electron chi connectivity index (χ1n) is 11.7. The topological polar surface area (TPSA) is 83.4 Å². The fourth-order valence-corrected chi connectivity index (χ4v) is 5.29. The lowest BCUT2D eigenvalue weighted by atomic mass is 9.98. The monoisotopic (exact) mass is 498 g/mol. The van der Waals surface area contributed by atoms with Crippen molar-refractivity contribution >= 4 is 40.1 Å². The summed E-state index contributed by atoms with van der Waals surface area (Å²) in [6, 6.07) is 25.4. The molecule has 36 heavy (non-hydrogen) atoms. The second-order valence-corrected chi connectivity index (χ2v) is 9.88. The summed E-state index contributed by atoms with van der Waals surface area (Å²) in [5.74, 6) is 0.0744. The molecule has 5 rings (SSSR count). The van der Waals surface area contributed by atoms with Crippen LogP contribution >= 0.6 is 11.8 Å². The van der Waals surface area contributed by atoms with Crippen molar-refractivity contribution in [3.8, 4) is 5.75 Å². The Hall–Kier alpha value is -3.91. The number of benzene rings is 3. The van der Waals surface area contributed by atoms with Gasteiger partial charge < -0.3 is 10.1 Å². The maximum Gasteiger partial charge on any atom is 0.262 e. The van der Waals surface area contributed by atoms with Crippen LogP contribution in [0, 0.1) is 6.92 Å². The summed E-state index contributed by atoms with van der Waals surface area (Å²) >= 11 is 1.30. The van der Waals surface area contributed by atoms with E-state index in [2.05, 4.69) is 41.5 Å². The molecule has 2 atom stereocenters. The maximum atomic E-state index is 12.8. The molecule has 182 valence electrons. The molecular weight excluding hydrogens is 472 g/mol. The van der Waals surface area contributed by atoms with Gasteiger partial charge in [0.1, 0.15) is 11.0 Å². The lowest BCUT2D eigenvalue weighted by Gasteiger charge is -2.23. The van der Waals surface area contributed by atoms with E-state index in [0.29, 0.717) is 23.0 Å². The average molecular weight is 499 g/mol. The molecule has 2 amide bonds. The van der Waals surface area contributed by atoms with Gasteiger partial charge in [-0.05, 0) is 30.2 Å². The highest BCUT2D eigenvalue weighted by Gasteiger charge is 2.39. The number of anilines is 1. The largest absolute Gasteiger partial charge is 0.497 e. The maximum absolute atomic E-state index is 12.8. The van der Waals surface area contributed by atoms with Crippen molar-refractivity contribution in [3.63, 3.8) is 0 Å². The van der Waals surface area contributed by atoms with Crippen molar-refractivity contribution in [1.82, 2.24) is 5.01 Å². The number of amides is 2. The molecule has 0 aliphatic carbocycles. The van der Waals surface area contributed by atoms with E-state index in [-0.39, 0.29) is 24.3 Å². The van der Waals surface area contributed by atoms with E-state index >= 15 is 0 Å². The van der Waals surface area contributed by atoms with Crippen LogP contribution in [0.4, 0.5) is 5.69 Å². The SMILES string of the molecule is COc1cccc(NC(=O)C[C@H]2SC(N3N=C(c4ccccc4)C[C@H]3c3ccc(C)cc3)=NC2=O)c1. The third kappa shape index (κ3) is 5.18. The van der Waals surface area contributed by atoms with Crippen LogP contribution in [0.1, 0.15) is 35.6 Å². The van der Waals surface area contributed by atoms with E-state index < -0.39 is 5.25 Å². The van der Waals surface area contributed by atoms with E-state index in [0.717, 1.165) is 16.8 Å². The smallest absolute Gasteiger partial charge is 0.262 e. The molecule has 0 unspecified atom stereocenters. The van der Waals surface area contributed by atoms with Gasteiger partial charge in [-0.25, -0.2) is 5.01 Å². The summed E-state index contributed by atoms with van der Waals surface area (Å²) in [6.45, 7) is 2.05. The third-order valence-electron chi connectivity index (χ3n) is 6.13. The molecular formula is C28H26N4O3S. The van der Waals surface area contributed by atoms with Gasteiger partial charge >= 0.3 is 0 Å². The number of aliphatic imine (C=N–C) groups is 1. The number of nitrogens with one attached hydrogen (secondary N) is 1. The first-order chi connectivity index (χ1) is 17.5. The molecule has 2 heterocycles. The van der Waals surface area contributed by atoms with Gasteiger partial charge in [-0.1, -0.05) is 78.0 Å². The van der Waals surface area contributed by atoms with E-state index in [9.17, 15) is 9.59 Å². The zero-order chi connectivity index (χ0) is 25.1. The van der Waals surface area contributed by atoms with E-state index in [4.69, 9.17) is 9.84 Å². The average Bonchev–Trinajstić information content (AvgIpc) is 3.49. The molecule has 0 bridgehead atoms. The molecule has 2 aliphatic heterocycles. The Morgan fingerprint density at radius 2 is 1.86 bits per heavy atom. The number of thioether (sulfide) groups is 1. The van der Waals surface area contributed by atoms with Crippen molar-refractivity contribution in [2.75, 3.05) is 12.4 Å². The Balaban J connectivity index is 1.33. The minimum absolute atomic E-state index is 0.0198. The Bertz CT molecular complexity index is 1340. The molecule has 0 spiro atoms. The van der Waals surface area contributed by atoms with Crippen LogP contribution in [0.25, 0.3) is 0 Å². The zero-order valence-electron chi connectivity index (χ0n) is 20.0. The molecule has 0 fully saturated rings. The highest BCUT2D eigenvalue weighted by molar-refractivity contribution is 8.15. The van der Waals surface area contributed by atoms with Crippen LogP contribution < -0.4 is 10.1 Å². The number of aryl methyl sites for hydroxylation is 1. The highest BCUT2D eigenvalue weighted by atomic mass is 32.2. The van der Waals surface area contributed by atoms with Gasteiger partial charge in [-0.3, -0.25) is 9.59 Å². The van der Waals surface area contributed by atoms with Crippen LogP contribution in [0.2, 0.25) is 0 Å². The summed E-state index contributed by atoms with van der Waals surface area (Å²) in [7, 11) is 1.57. The first-order valence-corrected chi connectivity index (χ1v) is 12.6. The van der Waals surface area contributed by atoms with Gasteiger partial charge in [-0.15, -0.1) is 0 Å². The predicted octanol–water partition coefficient (Wildman–Crippen LogP) is 5.18. The fraction of sp³-hybridized carbons (Fsp3) is 0.214. The fourth-order valence-electron chi connectivity index (χ4n) is 4.23. The number of hydrogen-bond donors (Lipinski definition) is 1. The van der Waals surface area contributed by atoms with Gasteiger partial charge in [-0.2, -0.15) is 10.1 Å². The molecule has 0 saturated heterocycles. The number of ether oxygens (including phenoxy) is 1. The molecule has 3 aromatic rings. The lowest BCUT2D eigenvalue weighted by Crippen LogP contribution is -2.25. The van der Waals surface area contributed by atoms with Crippen LogP contribution in [-0.4, -0.2) is 40.1 Å². The van der Waals surface area contributed by atoms with Gasteiger partial charge in [0.05, 0.1) is 18.9 Å². The number of hydrogen-bond acceptors (Lipinski definition) is 6. The number of nitrogens with zero attached hydrogens (tertiary/aromatic N) is 3. The minimum atomic E-state index is -0.597. The van der Waals surface area contributed by atoms with Crippen molar-refractivity contribution in [1.29, 1.82) is 0 Å². The van der Waals surface area contributed by atoms with Crippen LogP contribution in [0.15, 0.2) is 89.0 Å². The zero-order valence-corrected chi connectivity index (χ0v) is 20.9. The Labute approximate surface area is 214 Å². The van der Waals surface area contributed by atoms with Crippen molar-refractivity contribution in [2.24, 2.45) is 10.1 Å². The third-order valence-corrected chi connectivity index (χ3v) is 7.27. The quantitative estimate of drug-likeness (QED) is 0.506. The van der Waals surface area contributed by atoms with E-state index in [1.54, 1.807) is 31.4 Å². The minimum Gasteiger partial charge on any atom is -0.497 e. The number of carbonyl (C=O) groups is 2. The van der Waals surface area contributed by atoms with E-state index in [1.807, 2.05) is 35.3 Å². The first kappa shape index (κ1) is 23.8. The number of hydrazone groups is 1. The molecule has 0 saturated carbocycles. The second-order valence-electron chi connectivity index (χ2n) is 8.71. The standard InChI is InChI=1S/C28H26N4O3S/c1-18-11-13-20(14-12-18)24-16-23(19-7-4-3-5-8-19)31-32(24)28-30-27(34)25(36-28)17-26(33)29-21-9-6-10-22(15-21)35-2/h3-15,24-25H,16-17H2,1-2H3,(H,29,33)/t24-,25+/m0/s1. The molecule has 8 heteroatoms. The normalized spacial score (nSPS) is 19.2. The summed E-state index contributed by atoms with van der Waals surface area (Å²) in [5.41, 5.74) is 4.88. The number of carbonyl (C=O) groups excluding carboxylic acids is 2. The van der Waals surface area contributed by atoms with Crippen molar-refractivity contribution in [3.05, 3.63) is 95.6 Å². The van der Waals surface area contributed by atoms with Gasteiger partial charge in [0, 0.05) is 24.6 Å². The summed E-state index contributed by atoms with van der Waals surface area (Å²) < 4.78 is 5.21. The lowest BCUT2D eigenvalue weighted by molar-refractivity contribution is -0.121. The summed E-state index contributed by atoms with van der Waals surface area (Å²) in [6.07, 6.45) is 0.716.